The zero-order valence-electron chi connectivity index (χ0n) is 26.4. The molecule has 45 heavy (non-hydrogen) atoms. The summed E-state index contributed by atoms with van der Waals surface area (Å²) in [6.07, 6.45) is 0. The average molecular weight is 609 g/mol. The largest absolute Gasteiger partial charge is 0.462 e. The zero-order chi connectivity index (χ0) is 31.5. The van der Waals surface area contributed by atoms with Crippen LogP contribution >= 0.6 is 0 Å². The molecular formula is C40H36O4Si. The lowest BCUT2D eigenvalue weighted by atomic mass is 9.75. The third-order valence-electron chi connectivity index (χ3n) is 9.47. The van der Waals surface area contributed by atoms with Gasteiger partial charge in [0.05, 0.1) is 24.3 Å². The molecule has 3 aromatic rings. The Labute approximate surface area is 265 Å². The molecule has 3 aromatic carbocycles. The number of hydrogen-bond donors (Lipinski definition) is 0. The van der Waals surface area contributed by atoms with E-state index in [0.29, 0.717) is 22.3 Å². The summed E-state index contributed by atoms with van der Waals surface area (Å²) < 4.78 is 10.9. The number of carbonyl (C=O) groups is 2. The summed E-state index contributed by atoms with van der Waals surface area (Å²) in [6, 6.07) is 36.7. The van der Waals surface area contributed by atoms with Crippen LogP contribution in [0.25, 0.3) is 22.3 Å². The highest BCUT2D eigenvalue weighted by atomic mass is 28.3. The monoisotopic (exact) mass is 608 g/mol. The van der Waals surface area contributed by atoms with Crippen molar-refractivity contribution in [2.45, 2.75) is 39.7 Å². The highest BCUT2D eigenvalue weighted by molar-refractivity contribution is 7.14. The number of carbonyl (C=O) groups excluding carboxylic acids is 2. The van der Waals surface area contributed by atoms with Gasteiger partial charge in [0.25, 0.3) is 0 Å². The quantitative estimate of drug-likeness (QED) is 0.156. The molecule has 0 bridgehead atoms. The minimum absolute atomic E-state index is 0.0626. The number of rotatable bonds is 5. The molecule has 0 unspecified atom stereocenters. The van der Waals surface area contributed by atoms with Gasteiger partial charge < -0.3 is 9.47 Å². The van der Waals surface area contributed by atoms with Crippen molar-refractivity contribution >= 4 is 46.7 Å². The van der Waals surface area contributed by atoms with Crippen molar-refractivity contribution < 1.29 is 19.1 Å². The maximum atomic E-state index is 13.2. The molecule has 0 amide bonds. The lowest BCUT2D eigenvalue weighted by Crippen LogP contribution is -2.73. The zero-order valence-corrected chi connectivity index (χ0v) is 27.4. The lowest BCUT2D eigenvalue weighted by molar-refractivity contribution is 0.0525. The van der Waals surface area contributed by atoms with Crippen LogP contribution in [0.2, 0.25) is 5.04 Å². The minimum atomic E-state index is -2.65. The summed E-state index contributed by atoms with van der Waals surface area (Å²) in [5, 5.41) is 4.11. The number of esters is 2. The van der Waals surface area contributed by atoms with Crippen LogP contribution < -0.4 is 15.6 Å². The highest BCUT2D eigenvalue weighted by Crippen LogP contribution is 2.52. The van der Waals surface area contributed by atoms with E-state index in [1.54, 1.807) is 19.9 Å². The molecule has 0 radical (unpaired) electrons. The van der Waals surface area contributed by atoms with Gasteiger partial charge in [0.2, 0.25) is 0 Å². The Bertz CT molecular complexity index is 2000. The fraction of sp³-hybridized carbons (Fsp3) is 0.200. The topological polar surface area (TPSA) is 52.6 Å². The molecule has 1 aliphatic heterocycles. The van der Waals surface area contributed by atoms with Gasteiger partial charge in [0.1, 0.15) is 0 Å². The Kier molecular flexibility index (Phi) is 6.90. The molecule has 0 fully saturated rings. The van der Waals surface area contributed by atoms with E-state index < -0.39 is 20.0 Å². The van der Waals surface area contributed by atoms with Crippen LogP contribution in [-0.2, 0) is 9.47 Å². The number of hydrogen-bond acceptors (Lipinski definition) is 4. The standard InChI is InChI=1S/C40H36O4Si/c1-6-43-38(41)32-24-33(39(42)44-7-2)30-23-31-27(22-21-26(30)32)36-28-17-11-13-19-34(28)45(40(3,4)5,25-15-9-8-10-16-25)35-20-14-12-18-29(35)37(31)36/h8-24H,6-7H2,1-5H3/t45-/m1/s1. The minimum Gasteiger partial charge on any atom is -0.462 e. The van der Waals surface area contributed by atoms with Gasteiger partial charge in [0, 0.05) is 0 Å². The number of ether oxygens (including phenoxy) is 2. The first-order valence-corrected chi connectivity index (χ1v) is 17.7. The summed E-state index contributed by atoms with van der Waals surface area (Å²) in [7, 11) is -2.65. The molecule has 4 aliphatic rings. The second-order valence-electron chi connectivity index (χ2n) is 12.8. The van der Waals surface area contributed by atoms with Crippen molar-refractivity contribution in [2.75, 3.05) is 13.2 Å². The van der Waals surface area contributed by atoms with Gasteiger partial charge in [0.15, 0.2) is 8.07 Å². The Balaban J connectivity index is 1.57. The van der Waals surface area contributed by atoms with Gasteiger partial charge >= 0.3 is 11.9 Å². The molecule has 0 aromatic heterocycles. The van der Waals surface area contributed by atoms with Crippen LogP contribution in [0.5, 0.6) is 0 Å². The van der Waals surface area contributed by atoms with E-state index in [1.807, 2.05) is 6.07 Å². The van der Waals surface area contributed by atoms with Crippen molar-refractivity contribution in [3.05, 3.63) is 137 Å². The molecule has 0 saturated carbocycles. The predicted octanol–water partition coefficient (Wildman–Crippen LogP) is 7.05. The Morgan fingerprint density at radius 1 is 0.556 bits per heavy atom. The van der Waals surface area contributed by atoms with E-state index in [1.165, 1.54) is 37.8 Å². The van der Waals surface area contributed by atoms with Crippen LogP contribution in [-0.4, -0.2) is 33.2 Å². The van der Waals surface area contributed by atoms with Gasteiger partial charge in [-0.05, 0) is 91.1 Å². The molecule has 5 heteroatoms. The fourth-order valence-corrected chi connectivity index (χ4v) is 13.8. The summed E-state index contributed by atoms with van der Waals surface area (Å²) in [6.45, 7) is 11.3. The van der Waals surface area contributed by atoms with Crippen molar-refractivity contribution in [1.29, 1.82) is 0 Å². The van der Waals surface area contributed by atoms with E-state index in [9.17, 15) is 9.59 Å². The van der Waals surface area contributed by atoms with E-state index in [-0.39, 0.29) is 18.3 Å². The van der Waals surface area contributed by atoms with E-state index in [2.05, 4.69) is 112 Å². The van der Waals surface area contributed by atoms with Gasteiger partial charge in [-0.25, -0.2) is 9.59 Å². The van der Waals surface area contributed by atoms with E-state index in [0.717, 1.165) is 11.1 Å². The average Bonchev–Trinajstić information content (AvgIpc) is 3.25. The molecule has 1 heterocycles. The Hall–Kier alpha value is -4.74. The molecule has 1 atom stereocenters. The first-order valence-electron chi connectivity index (χ1n) is 15.7. The molecular weight excluding hydrogens is 573 g/mol. The predicted molar refractivity (Wildman–Crippen MR) is 184 cm³/mol. The highest BCUT2D eigenvalue weighted by Gasteiger charge is 2.54. The molecule has 3 aliphatic carbocycles. The second-order valence-corrected chi connectivity index (χ2v) is 17.4. The summed E-state index contributed by atoms with van der Waals surface area (Å²) in [5.74, 6) is -0.887. The van der Waals surface area contributed by atoms with Crippen LogP contribution in [0.15, 0.2) is 103 Å². The number of fused-ring (bicyclic) bond motifs is 8. The molecule has 224 valence electrons. The van der Waals surface area contributed by atoms with Crippen LogP contribution in [0, 0.1) is 0 Å². The van der Waals surface area contributed by atoms with Gasteiger partial charge in [-0.1, -0.05) is 112 Å². The summed E-state index contributed by atoms with van der Waals surface area (Å²) in [5.41, 5.74) is 9.22. The molecule has 0 spiro atoms. The van der Waals surface area contributed by atoms with Crippen molar-refractivity contribution in [3.63, 3.8) is 0 Å². The SMILES string of the molecule is CCOC(=O)c1cc(C(=O)OCC)c2cc3c(ccc1-2)C1=C3c2ccccc2[Si@](c2ccccc2)(C(C)(C)C)c2ccccc21. The third-order valence-corrected chi connectivity index (χ3v) is 15.4. The van der Waals surface area contributed by atoms with Crippen molar-refractivity contribution in [3.8, 4) is 11.1 Å². The molecule has 4 nitrogen and oxygen atoms in total. The smallest absolute Gasteiger partial charge is 0.338 e. The van der Waals surface area contributed by atoms with Gasteiger partial charge in [-0.15, -0.1) is 0 Å². The first kappa shape index (κ1) is 29.0. The maximum Gasteiger partial charge on any atom is 0.338 e. The van der Waals surface area contributed by atoms with Crippen LogP contribution in [0.4, 0.5) is 0 Å². The van der Waals surface area contributed by atoms with E-state index in [4.69, 9.17) is 9.47 Å². The van der Waals surface area contributed by atoms with Crippen molar-refractivity contribution in [1.82, 2.24) is 0 Å². The molecule has 0 N–H and O–H groups in total. The Morgan fingerprint density at radius 3 is 1.60 bits per heavy atom. The van der Waals surface area contributed by atoms with Gasteiger partial charge in [-0.3, -0.25) is 0 Å². The second kappa shape index (κ2) is 10.7. The molecule has 0 saturated heterocycles. The van der Waals surface area contributed by atoms with Crippen molar-refractivity contribution in [2.24, 2.45) is 0 Å². The normalized spacial score (nSPS) is 16.5. The van der Waals surface area contributed by atoms with E-state index >= 15 is 0 Å². The lowest BCUT2D eigenvalue weighted by Gasteiger charge is -2.45. The summed E-state index contributed by atoms with van der Waals surface area (Å²) >= 11 is 0. The van der Waals surface area contributed by atoms with Gasteiger partial charge in [-0.2, -0.15) is 0 Å². The fourth-order valence-electron chi connectivity index (χ4n) is 7.79. The maximum absolute atomic E-state index is 13.2. The molecule has 7 rings (SSSR count). The first-order chi connectivity index (χ1) is 21.7. The summed E-state index contributed by atoms with van der Waals surface area (Å²) in [4.78, 5) is 26.3. The Morgan fingerprint density at radius 2 is 1.04 bits per heavy atom. The third kappa shape index (κ3) is 4.10. The number of benzene rings is 3. The van der Waals surface area contributed by atoms with Crippen LogP contribution in [0.3, 0.4) is 0 Å². The van der Waals surface area contributed by atoms with Crippen LogP contribution in [0.1, 0.15) is 77.6 Å².